The van der Waals surface area contributed by atoms with Crippen LogP contribution in [0.15, 0.2) is 140 Å². The average Bonchev–Trinajstić information content (AvgIpc) is 2.99. The van der Waals surface area contributed by atoms with Gasteiger partial charge in [-0.25, -0.2) is 0 Å². The maximum atomic E-state index is 13.1. The van der Waals surface area contributed by atoms with Gasteiger partial charge in [0.15, 0.2) is 5.78 Å². The van der Waals surface area contributed by atoms with E-state index in [-0.39, 0.29) is 12.2 Å². The predicted octanol–water partition coefficient (Wildman–Crippen LogP) is 7.99. The highest BCUT2D eigenvalue weighted by atomic mass is 16.5. The van der Waals surface area contributed by atoms with E-state index < -0.39 is 0 Å². The van der Waals surface area contributed by atoms with Crippen molar-refractivity contribution in [2.24, 2.45) is 0 Å². The highest BCUT2D eigenvalue weighted by Crippen LogP contribution is 2.23. The second-order valence-electron chi connectivity index (χ2n) is 9.72. The molecule has 4 nitrogen and oxygen atoms in total. The molecule has 0 radical (unpaired) electrons. The number of ketones is 1. The molecule has 0 fully saturated rings. The molecule has 0 bridgehead atoms. The van der Waals surface area contributed by atoms with Crippen molar-refractivity contribution in [3.8, 4) is 17.2 Å². The summed E-state index contributed by atoms with van der Waals surface area (Å²) < 4.78 is 12.1. The number of benzene rings is 5. The Balaban J connectivity index is 1.18. The Labute approximate surface area is 236 Å². The summed E-state index contributed by atoms with van der Waals surface area (Å²) >= 11 is 0. The number of carbonyl (C=O) groups excluding carboxylic acids is 1. The van der Waals surface area contributed by atoms with Gasteiger partial charge in [0.1, 0.15) is 23.9 Å². The zero-order chi connectivity index (χ0) is 27.4. The Morgan fingerprint density at radius 1 is 0.550 bits per heavy atom. The number of carbonyl (C=O) groups is 1. The van der Waals surface area contributed by atoms with Crippen LogP contribution in [0.3, 0.4) is 0 Å². The van der Waals surface area contributed by atoms with E-state index in [0.717, 1.165) is 30.9 Å². The summed E-state index contributed by atoms with van der Waals surface area (Å²) in [6.45, 7) is 2.96. The Bertz CT molecular complexity index is 1450. The summed E-state index contributed by atoms with van der Waals surface area (Å²) in [5.74, 6) is 2.22. The van der Waals surface area contributed by atoms with E-state index in [9.17, 15) is 4.79 Å². The van der Waals surface area contributed by atoms with Crippen LogP contribution in [-0.2, 0) is 19.5 Å². The molecular weight excluding hydrogens is 494 g/mol. The largest absolute Gasteiger partial charge is 0.492 e. The van der Waals surface area contributed by atoms with E-state index in [0.29, 0.717) is 23.7 Å². The molecule has 0 aliphatic carbocycles. The van der Waals surface area contributed by atoms with Crippen molar-refractivity contribution in [3.05, 3.63) is 162 Å². The highest BCUT2D eigenvalue weighted by Gasteiger charge is 2.11. The van der Waals surface area contributed by atoms with E-state index >= 15 is 0 Å². The standard InChI is InChI=1S/C36H33NO3/c38-36(25-31-16-10-21-35(24-31)40-33-18-8-3-9-19-33)32-17-11-20-34(26-32)39-23-22-37(27-29-12-4-1-5-13-29)28-30-14-6-2-7-15-30/h1-21,24,26H,22-23,25,27-28H2. The first kappa shape index (κ1) is 26.9. The fraction of sp³-hybridized carbons (Fsp3) is 0.139. The van der Waals surface area contributed by atoms with Gasteiger partial charge in [-0.05, 0) is 53.1 Å². The van der Waals surface area contributed by atoms with Gasteiger partial charge in [-0.3, -0.25) is 9.69 Å². The Morgan fingerprint density at radius 2 is 1.10 bits per heavy atom. The molecule has 0 aliphatic rings. The second-order valence-corrected chi connectivity index (χ2v) is 9.72. The SMILES string of the molecule is O=C(Cc1cccc(Oc2ccccc2)c1)c1cccc(OCCN(Cc2ccccc2)Cc2ccccc2)c1. The van der Waals surface area contributed by atoms with Crippen LogP contribution in [0.4, 0.5) is 0 Å². The molecule has 200 valence electrons. The zero-order valence-corrected chi connectivity index (χ0v) is 22.5. The number of ether oxygens (including phenoxy) is 2. The average molecular weight is 528 g/mol. The quantitative estimate of drug-likeness (QED) is 0.146. The van der Waals surface area contributed by atoms with Crippen LogP contribution in [0, 0.1) is 0 Å². The van der Waals surface area contributed by atoms with E-state index in [4.69, 9.17) is 9.47 Å². The lowest BCUT2D eigenvalue weighted by Gasteiger charge is -2.23. The summed E-state index contributed by atoms with van der Waals surface area (Å²) in [5.41, 5.74) is 4.08. The molecule has 4 heteroatoms. The highest BCUT2D eigenvalue weighted by molar-refractivity contribution is 5.97. The van der Waals surface area contributed by atoms with Gasteiger partial charge in [0.25, 0.3) is 0 Å². The number of para-hydroxylation sites is 1. The third-order valence-electron chi connectivity index (χ3n) is 6.57. The van der Waals surface area contributed by atoms with Gasteiger partial charge < -0.3 is 9.47 Å². The predicted molar refractivity (Wildman–Crippen MR) is 160 cm³/mol. The third-order valence-corrected chi connectivity index (χ3v) is 6.57. The lowest BCUT2D eigenvalue weighted by atomic mass is 10.0. The van der Waals surface area contributed by atoms with Crippen molar-refractivity contribution < 1.29 is 14.3 Å². The molecule has 0 unspecified atom stereocenters. The molecule has 0 aromatic heterocycles. The summed E-state index contributed by atoms with van der Waals surface area (Å²) in [5, 5.41) is 0. The number of nitrogens with zero attached hydrogens (tertiary/aromatic N) is 1. The van der Waals surface area contributed by atoms with Crippen LogP contribution in [-0.4, -0.2) is 23.8 Å². The number of hydrogen-bond donors (Lipinski definition) is 0. The Morgan fingerprint density at radius 3 is 1.77 bits per heavy atom. The summed E-state index contributed by atoms with van der Waals surface area (Å²) in [7, 11) is 0. The smallest absolute Gasteiger partial charge is 0.167 e. The van der Waals surface area contributed by atoms with Crippen molar-refractivity contribution in [3.63, 3.8) is 0 Å². The van der Waals surface area contributed by atoms with Crippen LogP contribution < -0.4 is 9.47 Å². The first-order valence-corrected chi connectivity index (χ1v) is 13.6. The fourth-order valence-electron chi connectivity index (χ4n) is 4.58. The van der Waals surface area contributed by atoms with Crippen molar-refractivity contribution in [2.75, 3.05) is 13.2 Å². The third kappa shape index (κ3) is 8.16. The van der Waals surface area contributed by atoms with Crippen LogP contribution >= 0.6 is 0 Å². The van der Waals surface area contributed by atoms with Crippen LogP contribution in [0.2, 0.25) is 0 Å². The molecule has 5 aromatic rings. The minimum atomic E-state index is 0.0390. The first-order chi connectivity index (χ1) is 19.7. The van der Waals surface area contributed by atoms with Crippen LogP contribution in [0.1, 0.15) is 27.0 Å². The van der Waals surface area contributed by atoms with E-state index in [1.54, 1.807) is 0 Å². The molecule has 5 rings (SSSR count). The number of rotatable bonds is 13. The monoisotopic (exact) mass is 527 g/mol. The maximum Gasteiger partial charge on any atom is 0.167 e. The number of hydrogen-bond acceptors (Lipinski definition) is 4. The van der Waals surface area contributed by atoms with Crippen molar-refractivity contribution in [1.29, 1.82) is 0 Å². The Hall–Kier alpha value is -4.67. The Kier molecular flexibility index (Phi) is 9.37. The van der Waals surface area contributed by atoms with Crippen molar-refractivity contribution >= 4 is 5.78 Å². The maximum absolute atomic E-state index is 13.1. The molecule has 0 atom stereocenters. The van der Waals surface area contributed by atoms with E-state index in [1.165, 1.54) is 11.1 Å². The van der Waals surface area contributed by atoms with Gasteiger partial charge >= 0.3 is 0 Å². The molecule has 0 saturated carbocycles. The van der Waals surface area contributed by atoms with Gasteiger partial charge in [0, 0.05) is 31.6 Å². The summed E-state index contributed by atoms with van der Waals surface area (Å²) in [4.78, 5) is 15.5. The first-order valence-electron chi connectivity index (χ1n) is 13.6. The molecule has 0 amide bonds. The molecule has 0 heterocycles. The molecule has 0 N–H and O–H groups in total. The molecule has 0 aliphatic heterocycles. The zero-order valence-electron chi connectivity index (χ0n) is 22.5. The fourth-order valence-corrected chi connectivity index (χ4v) is 4.58. The molecule has 40 heavy (non-hydrogen) atoms. The van der Waals surface area contributed by atoms with Crippen molar-refractivity contribution in [1.82, 2.24) is 4.90 Å². The van der Waals surface area contributed by atoms with Gasteiger partial charge in [0.05, 0.1) is 0 Å². The molecule has 0 spiro atoms. The van der Waals surface area contributed by atoms with E-state index in [1.807, 2.05) is 91.0 Å². The summed E-state index contributed by atoms with van der Waals surface area (Å²) in [6.07, 6.45) is 0.289. The van der Waals surface area contributed by atoms with Gasteiger partial charge in [-0.2, -0.15) is 0 Å². The van der Waals surface area contributed by atoms with Crippen molar-refractivity contribution in [2.45, 2.75) is 19.5 Å². The van der Waals surface area contributed by atoms with Crippen LogP contribution in [0.5, 0.6) is 17.2 Å². The second kappa shape index (κ2) is 13.9. The topological polar surface area (TPSA) is 38.8 Å². The van der Waals surface area contributed by atoms with Gasteiger partial charge in [0.2, 0.25) is 0 Å². The van der Waals surface area contributed by atoms with E-state index in [2.05, 4.69) is 53.4 Å². The minimum Gasteiger partial charge on any atom is -0.492 e. The lowest BCUT2D eigenvalue weighted by Crippen LogP contribution is -2.27. The molecule has 0 saturated heterocycles. The number of Topliss-reactive ketones (excluding diaryl/α,β-unsaturated/α-hetero) is 1. The molecular formula is C36H33NO3. The minimum absolute atomic E-state index is 0.0390. The van der Waals surface area contributed by atoms with Crippen LogP contribution in [0.25, 0.3) is 0 Å². The molecule has 5 aromatic carbocycles. The normalized spacial score (nSPS) is 10.8. The van der Waals surface area contributed by atoms with Gasteiger partial charge in [-0.1, -0.05) is 103 Å². The summed E-state index contributed by atoms with van der Waals surface area (Å²) in [6, 6.07) is 45.7. The van der Waals surface area contributed by atoms with Gasteiger partial charge in [-0.15, -0.1) is 0 Å². The lowest BCUT2D eigenvalue weighted by molar-refractivity contribution is 0.0992.